The van der Waals surface area contributed by atoms with Crippen LogP contribution in [-0.2, 0) is 15.8 Å². The van der Waals surface area contributed by atoms with Gasteiger partial charge in [-0.1, -0.05) is 18.6 Å². The fourth-order valence-corrected chi connectivity index (χ4v) is 4.09. The predicted molar refractivity (Wildman–Crippen MR) is 74.2 cm³/mol. The van der Waals surface area contributed by atoms with E-state index in [1.165, 1.54) is 0 Å². The van der Waals surface area contributed by atoms with E-state index in [1.807, 2.05) is 6.07 Å². The highest BCUT2D eigenvalue weighted by Gasteiger charge is 2.29. The Morgan fingerprint density at radius 2 is 2.00 bits per heavy atom. The number of benzene rings is 1. The number of sulfonamides is 1. The Morgan fingerprint density at radius 1 is 1.32 bits per heavy atom. The van der Waals surface area contributed by atoms with E-state index in [0.717, 1.165) is 19.3 Å². The Labute approximate surface area is 118 Å². The van der Waals surface area contributed by atoms with Gasteiger partial charge in [0.1, 0.15) is 0 Å². The van der Waals surface area contributed by atoms with E-state index in [-0.39, 0.29) is 17.2 Å². The smallest absolute Gasteiger partial charge is 0.212 e. The third kappa shape index (κ3) is 3.93. The van der Waals surface area contributed by atoms with Crippen LogP contribution >= 0.6 is 11.6 Å². The molecule has 0 radical (unpaired) electrons. The molecule has 1 fully saturated rings. The van der Waals surface area contributed by atoms with Crippen LogP contribution in [0.15, 0.2) is 24.3 Å². The van der Waals surface area contributed by atoms with Crippen molar-refractivity contribution in [1.29, 1.82) is 5.26 Å². The predicted octanol–water partition coefficient (Wildman–Crippen LogP) is 2.14. The molecule has 1 N–H and O–H groups in total. The van der Waals surface area contributed by atoms with Gasteiger partial charge in [-0.3, -0.25) is 0 Å². The number of hydrogen-bond donors (Lipinski definition) is 1. The van der Waals surface area contributed by atoms with Crippen molar-refractivity contribution in [3.05, 3.63) is 35.4 Å². The van der Waals surface area contributed by atoms with Crippen LogP contribution in [0.1, 0.15) is 30.4 Å². The highest BCUT2D eigenvalue weighted by molar-refractivity contribution is 7.88. The van der Waals surface area contributed by atoms with Gasteiger partial charge in [-0.25, -0.2) is 13.1 Å². The summed E-state index contributed by atoms with van der Waals surface area (Å²) >= 11 is 6.06. The average molecular weight is 299 g/mol. The first-order chi connectivity index (χ1) is 9.00. The van der Waals surface area contributed by atoms with Crippen molar-refractivity contribution < 1.29 is 8.42 Å². The molecule has 0 amide bonds. The van der Waals surface area contributed by atoms with Crippen LogP contribution < -0.4 is 4.72 Å². The molecule has 1 saturated carbocycles. The fourth-order valence-electron chi connectivity index (χ4n) is 2.21. The maximum absolute atomic E-state index is 12.0. The number of nitrogens with one attached hydrogen (secondary N) is 1. The maximum Gasteiger partial charge on any atom is 0.216 e. The summed E-state index contributed by atoms with van der Waals surface area (Å²) in [6.07, 6.45) is 2.60. The minimum Gasteiger partial charge on any atom is -0.212 e. The van der Waals surface area contributed by atoms with Gasteiger partial charge in [-0.05, 0) is 30.5 Å². The van der Waals surface area contributed by atoms with Crippen molar-refractivity contribution >= 4 is 21.6 Å². The molecular weight excluding hydrogens is 284 g/mol. The summed E-state index contributed by atoms with van der Waals surface area (Å²) in [6, 6.07) is 8.38. The Morgan fingerprint density at radius 3 is 2.53 bits per heavy atom. The Bertz CT molecular complexity index is 578. The standard InChI is InChI=1S/C13H15ClN2O2S/c14-12-2-1-3-13(12)16-19(17,18)9-11-6-4-10(8-15)5-7-11/h4-7,12-13,16H,1-3,9H2. The average Bonchev–Trinajstić information content (AvgIpc) is 2.75. The second-order valence-electron chi connectivity index (χ2n) is 4.74. The van der Waals surface area contributed by atoms with E-state index in [0.29, 0.717) is 11.1 Å². The second kappa shape index (κ2) is 5.91. The molecule has 6 heteroatoms. The van der Waals surface area contributed by atoms with Gasteiger partial charge in [0, 0.05) is 11.4 Å². The van der Waals surface area contributed by atoms with E-state index in [1.54, 1.807) is 24.3 Å². The molecule has 0 bridgehead atoms. The zero-order valence-electron chi connectivity index (χ0n) is 10.3. The third-order valence-corrected chi connectivity index (χ3v) is 5.10. The molecule has 0 aliphatic heterocycles. The number of nitriles is 1. The summed E-state index contributed by atoms with van der Waals surface area (Å²) in [5, 5.41) is 8.57. The van der Waals surface area contributed by atoms with Crippen molar-refractivity contribution in [3.8, 4) is 6.07 Å². The second-order valence-corrected chi connectivity index (χ2v) is 7.05. The van der Waals surface area contributed by atoms with Crippen molar-refractivity contribution in [2.75, 3.05) is 0 Å². The minimum atomic E-state index is -3.39. The highest BCUT2D eigenvalue weighted by Crippen LogP contribution is 2.24. The molecule has 2 rings (SSSR count). The topological polar surface area (TPSA) is 70.0 Å². The number of halogens is 1. The van der Waals surface area contributed by atoms with Gasteiger partial charge < -0.3 is 0 Å². The SMILES string of the molecule is N#Cc1ccc(CS(=O)(=O)NC2CCCC2Cl)cc1. The number of alkyl halides is 1. The number of rotatable bonds is 4. The molecule has 0 heterocycles. The lowest BCUT2D eigenvalue weighted by Crippen LogP contribution is -2.38. The molecule has 4 nitrogen and oxygen atoms in total. The molecule has 1 aromatic carbocycles. The zero-order chi connectivity index (χ0) is 13.9. The fraction of sp³-hybridized carbons (Fsp3) is 0.462. The van der Waals surface area contributed by atoms with Crippen LogP contribution in [0.25, 0.3) is 0 Å². The van der Waals surface area contributed by atoms with Crippen LogP contribution in [0.5, 0.6) is 0 Å². The largest absolute Gasteiger partial charge is 0.216 e. The van der Waals surface area contributed by atoms with Crippen LogP contribution in [0.3, 0.4) is 0 Å². The molecule has 0 saturated heterocycles. The molecule has 0 aromatic heterocycles. The van der Waals surface area contributed by atoms with Gasteiger partial charge in [0.25, 0.3) is 0 Å². The lowest BCUT2D eigenvalue weighted by atomic mass is 10.2. The lowest BCUT2D eigenvalue weighted by Gasteiger charge is -2.16. The molecule has 0 spiro atoms. The summed E-state index contributed by atoms with van der Waals surface area (Å²) in [5.41, 5.74) is 1.18. The normalized spacial score (nSPS) is 23.2. The third-order valence-electron chi connectivity index (χ3n) is 3.20. The van der Waals surface area contributed by atoms with E-state index in [9.17, 15) is 8.42 Å². The first kappa shape index (κ1) is 14.3. The van der Waals surface area contributed by atoms with Crippen LogP contribution in [0.2, 0.25) is 0 Å². The van der Waals surface area contributed by atoms with E-state index in [4.69, 9.17) is 16.9 Å². The Kier molecular flexibility index (Phi) is 4.46. The van der Waals surface area contributed by atoms with Crippen LogP contribution in [0, 0.1) is 11.3 Å². The first-order valence-corrected chi connectivity index (χ1v) is 8.22. The van der Waals surface area contributed by atoms with E-state index < -0.39 is 10.0 Å². The van der Waals surface area contributed by atoms with Gasteiger partial charge in [-0.15, -0.1) is 11.6 Å². The quantitative estimate of drug-likeness (QED) is 0.866. The van der Waals surface area contributed by atoms with E-state index >= 15 is 0 Å². The van der Waals surface area contributed by atoms with Gasteiger partial charge in [0.15, 0.2) is 0 Å². The summed E-state index contributed by atoms with van der Waals surface area (Å²) in [4.78, 5) is 0. The summed E-state index contributed by atoms with van der Waals surface area (Å²) in [7, 11) is -3.39. The summed E-state index contributed by atoms with van der Waals surface area (Å²) in [6.45, 7) is 0. The van der Waals surface area contributed by atoms with Gasteiger partial charge in [0.2, 0.25) is 10.0 Å². The maximum atomic E-state index is 12.0. The number of nitrogens with zero attached hydrogens (tertiary/aromatic N) is 1. The van der Waals surface area contributed by atoms with Crippen LogP contribution in [0.4, 0.5) is 0 Å². The summed E-state index contributed by atoms with van der Waals surface area (Å²) < 4.78 is 26.7. The number of hydrogen-bond acceptors (Lipinski definition) is 3. The Hall–Kier alpha value is -1.09. The molecule has 102 valence electrons. The van der Waals surface area contributed by atoms with Crippen molar-refractivity contribution in [1.82, 2.24) is 4.72 Å². The molecular formula is C13H15ClN2O2S. The Balaban J connectivity index is 2.02. The monoisotopic (exact) mass is 298 g/mol. The van der Waals surface area contributed by atoms with Gasteiger partial charge >= 0.3 is 0 Å². The molecule has 1 aliphatic rings. The van der Waals surface area contributed by atoms with Gasteiger partial charge in [0.05, 0.1) is 17.4 Å². The lowest BCUT2D eigenvalue weighted by molar-refractivity contribution is 0.553. The molecule has 19 heavy (non-hydrogen) atoms. The molecule has 1 aromatic rings. The van der Waals surface area contributed by atoms with Crippen molar-refractivity contribution in [3.63, 3.8) is 0 Å². The molecule has 1 aliphatic carbocycles. The van der Waals surface area contributed by atoms with Gasteiger partial charge in [-0.2, -0.15) is 5.26 Å². The molecule has 2 unspecified atom stereocenters. The van der Waals surface area contributed by atoms with Crippen molar-refractivity contribution in [2.45, 2.75) is 36.4 Å². The van der Waals surface area contributed by atoms with E-state index in [2.05, 4.69) is 4.72 Å². The minimum absolute atomic E-state index is 0.0845. The van der Waals surface area contributed by atoms with Crippen LogP contribution in [-0.4, -0.2) is 19.8 Å². The zero-order valence-corrected chi connectivity index (χ0v) is 11.9. The highest BCUT2D eigenvalue weighted by atomic mass is 35.5. The first-order valence-electron chi connectivity index (χ1n) is 6.13. The summed E-state index contributed by atoms with van der Waals surface area (Å²) in [5.74, 6) is -0.0845. The molecule has 2 atom stereocenters. The van der Waals surface area contributed by atoms with Crippen molar-refractivity contribution in [2.24, 2.45) is 0 Å².